The lowest BCUT2D eigenvalue weighted by Gasteiger charge is -2.10. The molecule has 0 amide bonds. The molecule has 3 aromatic rings. The zero-order valence-corrected chi connectivity index (χ0v) is 13.2. The number of benzene rings is 1. The van der Waals surface area contributed by atoms with Gasteiger partial charge in [0.05, 0.1) is 5.69 Å². The molecule has 0 N–H and O–H groups in total. The van der Waals surface area contributed by atoms with E-state index >= 15 is 0 Å². The van der Waals surface area contributed by atoms with Gasteiger partial charge >= 0.3 is 0 Å². The molecule has 0 aliphatic heterocycles. The highest BCUT2D eigenvalue weighted by Crippen LogP contribution is 2.41. The summed E-state index contributed by atoms with van der Waals surface area (Å²) in [5.74, 6) is 0. The van der Waals surface area contributed by atoms with Crippen molar-refractivity contribution in [2.24, 2.45) is 7.05 Å². The average molecular weight is 287 g/mol. The van der Waals surface area contributed by atoms with Crippen LogP contribution in [0.2, 0.25) is 0 Å². The quantitative estimate of drug-likeness (QED) is 0.487. The summed E-state index contributed by atoms with van der Waals surface area (Å²) >= 11 is 0. The molecule has 0 radical (unpaired) electrons. The van der Waals surface area contributed by atoms with Crippen LogP contribution in [0, 0.1) is 13.8 Å². The number of aryl methyl sites for hydroxylation is 2. The van der Waals surface area contributed by atoms with Gasteiger partial charge in [-0.2, -0.15) is 0 Å². The van der Waals surface area contributed by atoms with Crippen LogP contribution in [0.15, 0.2) is 48.7 Å². The van der Waals surface area contributed by atoms with Crippen molar-refractivity contribution in [3.8, 4) is 22.4 Å². The lowest BCUT2D eigenvalue weighted by molar-refractivity contribution is -0.660. The molecule has 0 atom stereocenters. The summed E-state index contributed by atoms with van der Waals surface area (Å²) in [6.07, 6.45) is 3.05. The smallest absolute Gasteiger partial charge is 0.212 e. The van der Waals surface area contributed by atoms with E-state index in [9.17, 15) is 0 Å². The first-order chi connectivity index (χ1) is 10.6. The van der Waals surface area contributed by atoms with Crippen LogP contribution in [-0.4, -0.2) is 4.98 Å². The van der Waals surface area contributed by atoms with Gasteiger partial charge < -0.3 is 0 Å². The number of aromatic nitrogens is 2. The molecule has 1 aliphatic rings. The van der Waals surface area contributed by atoms with Gasteiger partial charge in [-0.3, -0.25) is 4.98 Å². The summed E-state index contributed by atoms with van der Waals surface area (Å²) in [7, 11) is 2.10. The Morgan fingerprint density at radius 3 is 2.59 bits per heavy atom. The summed E-state index contributed by atoms with van der Waals surface area (Å²) in [5.41, 5.74) is 10.3. The molecule has 0 bridgehead atoms. The lowest BCUT2D eigenvalue weighted by Crippen LogP contribution is -2.30. The van der Waals surface area contributed by atoms with Crippen LogP contribution in [0.5, 0.6) is 0 Å². The van der Waals surface area contributed by atoms with Crippen LogP contribution in [0.4, 0.5) is 0 Å². The Morgan fingerprint density at radius 2 is 1.77 bits per heavy atom. The van der Waals surface area contributed by atoms with Gasteiger partial charge in [0, 0.05) is 35.4 Å². The summed E-state index contributed by atoms with van der Waals surface area (Å²) in [4.78, 5) is 4.72. The predicted molar refractivity (Wildman–Crippen MR) is 88.6 cm³/mol. The minimum Gasteiger partial charge on any atom is -0.257 e. The van der Waals surface area contributed by atoms with Gasteiger partial charge in [-0.25, -0.2) is 4.57 Å². The van der Waals surface area contributed by atoms with E-state index in [0.29, 0.717) is 0 Å². The van der Waals surface area contributed by atoms with E-state index in [1.54, 1.807) is 0 Å². The van der Waals surface area contributed by atoms with Crippen molar-refractivity contribution in [1.29, 1.82) is 0 Å². The Morgan fingerprint density at radius 1 is 0.955 bits per heavy atom. The zero-order chi connectivity index (χ0) is 15.3. The highest BCUT2D eigenvalue weighted by atomic mass is 14.9. The van der Waals surface area contributed by atoms with E-state index in [0.717, 1.165) is 12.1 Å². The number of rotatable bonds is 1. The van der Waals surface area contributed by atoms with Crippen molar-refractivity contribution < 1.29 is 4.57 Å². The van der Waals surface area contributed by atoms with E-state index in [1.165, 1.54) is 39.2 Å². The molecule has 0 saturated carbocycles. The first-order valence-electron chi connectivity index (χ1n) is 7.69. The molecule has 4 rings (SSSR count). The van der Waals surface area contributed by atoms with Gasteiger partial charge in [-0.05, 0) is 48.7 Å². The molecule has 0 fully saturated rings. The SMILES string of the molecule is Cc1ccc2c(n1)Cc1ccc(-c3cccc[n+]3C)c(C)c1-2. The number of hydrogen-bond donors (Lipinski definition) is 0. The Hall–Kier alpha value is -2.48. The third-order valence-electron chi connectivity index (χ3n) is 4.62. The molecule has 2 nitrogen and oxygen atoms in total. The van der Waals surface area contributed by atoms with Crippen LogP contribution in [0.1, 0.15) is 22.5 Å². The van der Waals surface area contributed by atoms with E-state index < -0.39 is 0 Å². The molecule has 2 aromatic heterocycles. The molecule has 1 aromatic carbocycles. The normalized spacial score (nSPS) is 12.1. The minimum absolute atomic E-state index is 0.953. The van der Waals surface area contributed by atoms with Crippen molar-refractivity contribution in [2.45, 2.75) is 20.3 Å². The maximum Gasteiger partial charge on any atom is 0.212 e. The Kier molecular flexibility index (Phi) is 2.86. The number of nitrogens with zero attached hydrogens (tertiary/aromatic N) is 2. The fourth-order valence-electron chi connectivity index (χ4n) is 3.52. The second kappa shape index (κ2) is 4.77. The van der Waals surface area contributed by atoms with Crippen LogP contribution in [0.25, 0.3) is 22.4 Å². The van der Waals surface area contributed by atoms with Crippen molar-refractivity contribution in [3.63, 3.8) is 0 Å². The minimum atomic E-state index is 0.953. The summed E-state index contributed by atoms with van der Waals surface area (Å²) < 4.78 is 2.18. The van der Waals surface area contributed by atoms with Gasteiger partial charge in [-0.15, -0.1) is 0 Å². The Bertz CT molecular complexity index is 894. The van der Waals surface area contributed by atoms with Gasteiger partial charge in [0.25, 0.3) is 0 Å². The third kappa shape index (κ3) is 1.87. The lowest BCUT2D eigenvalue weighted by atomic mass is 9.94. The van der Waals surface area contributed by atoms with Gasteiger partial charge in [0.2, 0.25) is 5.69 Å². The van der Waals surface area contributed by atoms with Gasteiger partial charge in [0.15, 0.2) is 6.20 Å². The predicted octanol–water partition coefficient (Wildman–Crippen LogP) is 3.76. The standard InChI is InChI=1S/C20H19N2/c1-13-7-9-17-18(21-13)12-15-8-10-16(14(2)20(15)17)19-6-4-5-11-22(19)3/h4-11H,12H2,1-3H3/q+1. The molecule has 2 heterocycles. The maximum absolute atomic E-state index is 4.72. The van der Waals surface area contributed by atoms with E-state index in [1.807, 2.05) is 0 Å². The highest BCUT2D eigenvalue weighted by molar-refractivity contribution is 5.83. The molecular weight excluding hydrogens is 268 g/mol. The second-order valence-electron chi connectivity index (χ2n) is 6.09. The number of hydrogen-bond acceptors (Lipinski definition) is 1. The van der Waals surface area contributed by atoms with Crippen LogP contribution < -0.4 is 4.57 Å². The first-order valence-corrected chi connectivity index (χ1v) is 7.69. The van der Waals surface area contributed by atoms with E-state index in [-0.39, 0.29) is 0 Å². The van der Waals surface area contributed by atoms with Crippen LogP contribution >= 0.6 is 0 Å². The van der Waals surface area contributed by atoms with Crippen molar-refractivity contribution in [2.75, 3.05) is 0 Å². The molecule has 108 valence electrons. The largest absolute Gasteiger partial charge is 0.257 e. The molecule has 22 heavy (non-hydrogen) atoms. The molecule has 0 spiro atoms. The Labute approximate surface area is 131 Å². The average Bonchev–Trinajstić information content (AvgIpc) is 2.87. The fourth-order valence-corrected chi connectivity index (χ4v) is 3.52. The zero-order valence-electron chi connectivity index (χ0n) is 13.2. The number of pyridine rings is 2. The molecule has 1 aliphatic carbocycles. The third-order valence-corrected chi connectivity index (χ3v) is 4.62. The van der Waals surface area contributed by atoms with Gasteiger partial charge in [0.1, 0.15) is 7.05 Å². The highest BCUT2D eigenvalue weighted by Gasteiger charge is 2.24. The maximum atomic E-state index is 4.72. The summed E-state index contributed by atoms with van der Waals surface area (Å²) in [6, 6.07) is 15.2. The monoisotopic (exact) mass is 287 g/mol. The topological polar surface area (TPSA) is 16.8 Å². The van der Waals surface area contributed by atoms with Gasteiger partial charge in [-0.1, -0.05) is 12.1 Å². The molecular formula is C20H19N2+. The summed E-state index contributed by atoms with van der Waals surface area (Å²) in [5, 5.41) is 0. The fraction of sp³-hybridized carbons (Fsp3) is 0.200. The van der Waals surface area contributed by atoms with E-state index in [4.69, 9.17) is 4.98 Å². The van der Waals surface area contributed by atoms with Crippen LogP contribution in [-0.2, 0) is 13.5 Å². The molecule has 0 saturated heterocycles. The van der Waals surface area contributed by atoms with Crippen molar-refractivity contribution in [1.82, 2.24) is 4.98 Å². The molecule has 2 heteroatoms. The summed E-state index contributed by atoms with van der Waals surface area (Å²) in [6.45, 7) is 4.29. The Balaban J connectivity index is 1.96. The number of fused-ring (bicyclic) bond motifs is 3. The van der Waals surface area contributed by atoms with Crippen molar-refractivity contribution in [3.05, 3.63) is 71.2 Å². The first kappa shape index (κ1) is 13.2. The molecule has 0 unspecified atom stereocenters. The van der Waals surface area contributed by atoms with Crippen LogP contribution in [0.3, 0.4) is 0 Å². The van der Waals surface area contributed by atoms with E-state index in [2.05, 4.69) is 74.1 Å². The van der Waals surface area contributed by atoms with Crippen molar-refractivity contribution >= 4 is 0 Å². The second-order valence-corrected chi connectivity index (χ2v) is 6.09.